The lowest BCUT2D eigenvalue weighted by Crippen LogP contribution is -1.96. The Morgan fingerprint density at radius 1 is 0.769 bits per heavy atom. The Labute approximate surface area is 166 Å². The van der Waals surface area contributed by atoms with Crippen molar-refractivity contribution in [2.24, 2.45) is 0 Å². The van der Waals surface area contributed by atoms with Gasteiger partial charge in [-0.3, -0.25) is 0 Å². The third kappa shape index (κ3) is 3.78. The van der Waals surface area contributed by atoms with Gasteiger partial charge in [0.05, 0.1) is 0 Å². The van der Waals surface area contributed by atoms with E-state index in [-0.39, 0.29) is 0 Å². The fraction of sp³-hybridized carbons (Fsp3) is 0.280. The molecule has 0 saturated heterocycles. The monoisotopic (exact) mass is 406 g/mol. The lowest BCUT2D eigenvalue weighted by molar-refractivity contribution is 0.922. The maximum absolute atomic E-state index is 3.80. The number of hydrogen-bond acceptors (Lipinski definition) is 0. The lowest BCUT2D eigenvalue weighted by atomic mass is 9.88. The average molecular weight is 407 g/mol. The van der Waals surface area contributed by atoms with Gasteiger partial charge in [0.15, 0.2) is 0 Å². The number of aryl methyl sites for hydroxylation is 4. The molecule has 0 heterocycles. The van der Waals surface area contributed by atoms with E-state index in [0.717, 1.165) is 19.3 Å². The summed E-state index contributed by atoms with van der Waals surface area (Å²) in [4.78, 5) is 0. The molecule has 1 heteroatoms. The van der Waals surface area contributed by atoms with Crippen LogP contribution in [-0.2, 0) is 12.8 Å². The highest BCUT2D eigenvalue weighted by Gasteiger charge is 2.15. The molecule has 26 heavy (non-hydrogen) atoms. The summed E-state index contributed by atoms with van der Waals surface area (Å²) in [6.45, 7) is 8.92. The van der Waals surface area contributed by atoms with Crippen LogP contribution in [0.15, 0.2) is 59.1 Å². The second kappa shape index (κ2) is 8.22. The van der Waals surface area contributed by atoms with E-state index in [9.17, 15) is 0 Å². The van der Waals surface area contributed by atoms with Crippen molar-refractivity contribution < 1.29 is 0 Å². The minimum absolute atomic E-state index is 1.08. The predicted molar refractivity (Wildman–Crippen MR) is 118 cm³/mol. The van der Waals surface area contributed by atoms with Crippen LogP contribution < -0.4 is 0 Å². The Morgan fingerprint density at radius 3 is 2.00 bits per heavy atom. The van der Waals surface area contributed by atoms with Crippen molar-refractivity contribution in [1.82, 2.24) is 0 Å². The number of hydrogen-bond donors (Lipinski definition) is 0. The van der Waals surface area contributed by atoms with E-state index < -0.39 is 0 Å². The normalized spacial score (nSPS) is 11.0. The topological polar surface area (TPSA) is 0 Å². The second-order valence-corrected chi connectivity index (χ2v) is 7.91. The van der Waals surface area contributed by atoms with Gasteiger partial charge in [-0.1, -0.05) is 84.7 Å². The average Bonchev–Trinajstić information content (AvgIpc) is 2.63. The maximum atomic E-state index is 3.80. The molecular weight excluding hydrogens is 380 g/mol. The van der Waals surface area contributed by atoms with Gasteiger partial charge in [0.2, 0.25) is 0 Å². The Kier molecular flexibility index (Phi) is 5.98. The number of rotatable bonds is 5. The van der Waals surface area contributed by atoms with Gasteiger partial charge in [-0.05, 0) is 77.3 Å². The fourth-order valence-corrected chi connectivity index (χ4v) is 4.39. The minimum atomic E-state index is 1.08. The van der Waals surface area contributed by atoms with Crippen molar-refractivity contribution in [1.29, 1.82) is 0 Å². The van der Waals surface area contributed by atoms with Crippen LogP contribution in [0.2, 0.25) is 0 Å². The molecule has 0 N–H and O–H groups in total. The molecule has 0 aromatic heterocycles. The van der Waals surface area contributed by atoms with Gasteiger partial charge >= 0.3 is 0 Å². The van der Waals surface area contributed by atoms with Crippen LogP contribution in [0.5, 0.6) is 0 Å². The molecule has 134 valence electrons. The van der Waals surface area contributed by atoms with E-state index in [1.165, 1.54) is 49.0 Å². The summed E-state index contributed by atoms with van der Waals surface area (Å²) < 4.78 is 1.19. The Hall–Kier alpha value is -1.86. The number of halogens is 1. The summed E-state index contributed by atoms with van der Waals surface area (Å²) in [5, 5.41) is 0. The molecule has 0 spiro atoms. The summed E-state index contributed by atoms with van der Waals surface area (Å²) in [7, 11) is 0. The van der Waals surface area contributed by atoms with Crippen molar-refractivity contribution >= 4 is 15.9 Å². The second-order valence-electron chi connectivity index (χ2n) is 7.06. The predicted octanol–water partition coefficient (Wildman–Crippen LogP) is 7.91. The van der Waals surface area contributed by atoms with Crippen LogP contribution in [0, 0.1) is 13.8 Å². The molecule has 0 saturated carbocycles. The van der Waals surface area contributed by atoms with Crippen molar-refractivity contribution in [3.63, 3.8) is 0 Å². The van der Waals surface area contributed by atoms with Gasteiger partial charge in [0, 0.05) is 4.47 Å². The van der Waals surface area contributed by atoms with E-state index in [0.29, 0.717) is 0 Å². The van der Waals surface area contributed by atoms with Crippen LogP contribution in [0.1, 0.15) is 42.5 Å². The van der Waals surface area contributed by atoms with E-state index in [1.54, 1.807) is 0 Å². The van der Waals surface area contributed by atoms with Crippen LogP contribution in [-0.4, -0.2) is 0 Å². The molecule has 0 bridgehead atoms. The smallest absolute Gasteiger partial charge is 0.0256 e. The SMILES string of the molecule is CCCc1cccc(Br)c1-c1c(C)cc(-c2ccc(CC)cc2)cc1C. The molecule has 3 aromatic carbocycles. The molecule has 0 unspecified atom stereocenters. The Morgan fingerprint density at radius 2 is 1.42 bits per heavy atom. The first-order chi connectivity index (χ1) is 12.5. The summed E-state index contributed by atoms with van der Waals surface area (Å²) >= 11 is 3.80. The minimum Gasteiger partial charge on any atom is -0.0651 e. The maximum Gasteiger partial charge on any atom is 0.0256 e. The zero-order valence-electron chi connectivity index (χ0n) is 16.2. The molecule has 0 aliphatic heterocycles. The van der Waals surface area contributed by atoms with E-state index in [4.69, 9.17) is 0 Å². The van der Waals surface area contributed by atoms with Crippen LogP contribution in [0.4, 0.5) is 0 Å². The molecule has 0 atom stereocenters. The van der Waals surface area contributed by atoms with Crippen molar-refractivity contribution in [3.05, 3.63) is 81.3 Å². The Balaban J connectivity index is 2.11. The highest BCUT2D eigenvalue weighted by atomic mass is 79.9. The van der Waals surface area contributed by atoms with E-state index in [2.05, 4.69) is 98.2 Å². The summed E-state index contributed by atoms with van der Waals surface area (Å²) in [5.74, 6) is 0. The van der Waals surface area contributed by atoms with E-state index in [1.807, 2.05) is 0 Å². The molecule has 0 radical (unpaired) electrons. The molecule has 3 aromatic rings. The van der Waals surface area contributed by atoms with Gasteiger partial charge in [0.25, 0.3) is 0 Å². The third-order valence-corrected chi connectivity index (χ3v) is 5.76. The van der Waals surface area contributed by atoms with Gasteiger partial charge in [0.1, 0.15) is 0 Å². The van der Waals surface area contributed by atoms with Gasteiger partial charge < -0.3 is 0 Å². The van der Waals surface area contributed by atoms with E-state index >= 15 is 0 Å². The van der Waals surface area contributed by atoms with Crippen molar-refractivity contribution in [3.8, 4) is 22.3 Å². The lowest BCUT2D eigenvalue weighted by Gasteiger charge is -2.18. The molecule has 0 aliphatic carbocycles. The first-order valence-electron chi connectivity index (χ1n) is 9.53. The summed E-state index contributed by atoms with van der Waals surface area (Å²) in [5.41, 5.74) is 10.8. The summed E-state index contributed by atoms with van der Waals surface area (Å²) in [6, 6.07) is 20.2. The van der Waals surface area contributed by atoms with Gasteiger partial charge in [-0.25, -0.2) is 0 Å². The van der Waals surface area contributed by atoms with Crippen LogP contribution in [0.25, 0.3) is 22.3 Å². The highest BCUT2D eigenvalue weighted by molar-refractivity contribution is 9.10. The Bertz CT molecular complexity index is 881. The molecule has 3 rings (SSSR count). The summed E-state index contributed by atoms with van der Waals surface area (Å²) in [6.07, 6.45) is 3.34. The molecular formula is C25H27Br. The standard InChI is InChI=1S/C25H27Br/c1-5-8-21-9-7-10-23(26)25(21)24-17(3)15-22(16-18(24)4)20-13-11-19(6-2)12-14-20/h7,9-16H,5-6,8H2,1-4H3. The number of benzene rings is 3. The molecule has 0 amide bonds. The third-order valence-electron chi connectivity index (χ3n) is 5.10. The van der Waals surface area contributed by atoms with Gasteiger partial charge in [-0.15, -0.1) is 0 Å². The molecule has 0 aliphatic rings. The quantitative estimate of drug-likeness (QED) is 0.403. The molecule has 0 nitrogen and oxygen atoms in total. The fourth-order valence-electron chi connectivity index (χ4n) is 3.78. The van der Waals surface area contributed by atoms with Crippen molar-refractivity contribution in [2.45, 2.75) is 47.0 Å². The molecule has 0 fully saturated rings. The first kappa shape index (κ1) is 18.9. The van der Waals surface area contributed by atoms with Crippen LogP contribution in [0.3, 0.4) is 0 Å². The first-order valence-corrected chi connectivity index (χ1v) is 10.3. The zero-order valence-corrected chi connectivity index (χ0v) is 17.8. The van der Waals surface area contributed by atoms with Crippen molar-refractivity contribution in [2.75, 3.05) is 0 Å². The van der Waals surface area contributed by atoms with Gasteiger partial charge in [-0.2, -0.15) is 0 Å². The largest absolute Gasteiger partial charge is 0.0651 e. The zero-order chi connectivity index (χ0) is 18.7. The van der Waals surface area contributed by atoms with Crippen LogP contribution >= 0.6 is 15.9 Å². The highest BCUT2D eigenvalue weighted by Crippen LogP contribution is 2.38.